The van der Waals surface area contributed by atoms with E-state index in [9.17, 15) is 18.0 Å². The number of amides is 1. The molecule has 1 aromatic carbocycles. The van der Waals surface area contributed by atoms with Gasteiger partial charge in [-0.1, -0.05) is 15.9 Å². The first-order chi connectivity index (χ1) is 9.84. The van der Waals surface area contributed by atoms with E-state index in [0.717, 1.165) is 38.1 Å². The molecule has 1 aliphatic heterocycles. The van der Waals surface area contributed by atoms with Gasteiger partial charge in [0, 0.05) is 16.6 Å². The highest BCUT2D eigenvalue weighted by molar-refractivity contribution is 9.10. The van der Waals surface area contributed by atoms with Crippen molar-refractivity contribution in [3.05, 3.63) is 28.2 Å². The predicted molar refractivity (Wildman–Crippen MR) is 78.0 cm³/mol. The Morgan fingerprint density at radius 3 is 2.76 bits per heavy atom. The number of benzene rings is 1. The minimum atomic E-state index is -4.43. The summed E-state index contributed by atoms with van der Waals surface area (Å²) < 4.78 is 38.4. The first-order valence-corrected chi connectivity index (χ1v) is 7.52. The average Bonchev–Trinajstić information content (AvgIpc) is 2.37. The standard InChI is InChI=1S/C14H16BrF3N2O/c15-11-5-10(14(16,17)18)6-12(7-11)20-13(21)4-9-2-1-3-19-8-9/h5-7,9,19H,1-4,8H2,(H,20,21). The van der Waals surface area contributed by atoms with Crippen molar-refractivity contribution in [2.45, 2.75) is 25.4 Å². The lowest BCUT2D eigenvalue weighted by Gasteiger charge is -2.22. The van der Waals surface area contributed by atoms with Gasteiger partial charge in [-0.15, -0.1) is 0 Å². The predicted octanol–water partition coefficient (Wildman–Crippen LogP) is 3.80. The highest BCUT2D eigenvalue weighted by Crippen LogP contribution is 2.33. The minimum absolute atomic E-state index is 0.158. The van der Waals surface area contributed by atoms with Crippen LogP contribution in [0.25, 0.3) is 0 Å². The van der Waals surface area contributed by atoms with E-state index in [1.54, 1.807) is 0 Å². The number of hydrogen-bond donors (Lipinski definition) is 2. The van der Waals surface area contributed by atoms with Crippen LogP contribution in [0.2, 0.25) is 0 Å². The summed E-state index contributed by atoms with van der Waals surface area (Å²) in [5.74, 6) is -0.0112. The van der Waals surface area contributed by atoms with Crippen molar-refractivity contribution < 1.29 is 18.0 Å². The molecule has 2 rings (SSSR count). The molecular weight excluding hydrogens is 349 g/mol. The molecule has 1 saturated heterocycles. The highest BCUT2D eigenvalue weighted by Gasteiger charge is 2.31. The SMILES string of the molecule is O=C(CC1CCCNC1)Nc1cc(Br)cc(C(F)(F)F)c1. The molecule has 21 heavy (non-hydrogen) atoms. The lowest BCUT2D eigenvalue weighted by Crippen LogP contribution is -2.32. The third-order valence-electron chi connectivity index (χ3n) is 3.38. The van der Waals surface area contributed by atoms with Crippen LogP contribution in [-0.2, 0) is 11.0 Å². The zero-order valence-electron chi connectivity index (χ0n) is 11.3. The van der Waals surface area contributed by atoms with E-state index < -0.39 is 11.7 Å². The van der Waals surface area contributed by atoms with Crippen molar-refractivity contribution in [3.8, 4) is 0 Å². The number of hydrogen-bond acceptors (Lipinski definition) is 2. The van der Waals surface area contributed by atoms with Gasteiger partial charge < -0.3 is 10.6 Å². The summed E-state index contributed by atoms with van der Waals surface area (Å²) in [7, 11) is 0. The van der Waals surface area contributed by atoms with Crippen molar-refractivity contribution in [3.63, 3.8) is 0 Å². The summed E-state index contributed by atoms with van der Waals surface area (Å²) in [6.07, 6.45) is -2.13. The highest BCUT2D eigenvalue weighted by atomic mass is 79.9. The second-order valence-electron chi connectivity index (χ2n) is 5.19. The van der Waals surface area contributed by atoms with E-state index >= 15 is 0 Å². The zero-order valence-corrected chi connectivity index (χ0v) is 12.9. The van der Waals surface area contributed by atoms with Gasteiger partial charge in [0.25, 0.3) is 0 Å². The number of alkyl halides is 3. The Morgan fingerprint density at radius 1 is 1.38 bits per heavy atom. The Balaban J connectivity index is 2.01. The summed E-state index contributed by atoms with van der Waals surface area (Å²) in [4.78, 5) is 11.9. The number of carbonyl (C=O) groups is 1. The Bertz CT molecular complexity index is 513. The normalized spacial score (nSPS) is 19.3. The smallest absolute Gasteiger partial charge is 0.326 e. The number of halogens is 4. The summed E-state index contributed by atoms with van der Waals surface area (Å²) in [5, 5.41) is 5.75. The van der Waals surface area contributed by atoms with Crippen LogP contribution < -0.4 is 10.6 Å². The summed E-state index contributed by atoms with van der Waals surface area (Å²) in [5.41, 5.74) is -0.628. The molecule has 1 heterocycles. The van der Waals surface area contributed by atoms with Gasteiger partial charge in [-0.05, 0) is 50.0 Å². The molecule has 1 unspecified atom stereocenters. The molecule has 1 amide bonds. The van der Waals surface area contributed by atoms with Crippen LogP contribution in [0.5, 0.6) is 0 Å². The Morgan fingerprint density at radius 2 is 2.14 bits per heavy atom. The largest absolute Gasteiger partial charge is 0.416 e. The average molecular weight is 365 g/mol. The third-order valence-corrected chi connectivity index (χ3v) is 3.84. The first-order valence-electron chi connectivity index (χ1n) is 6.73. The number of rotatable bonds is 3. The Labute approximate surface area is 129 Å². The number of piperidine rings is 1. The van der Waals surface area contributed by atoms with Crippen LogP contribution >= 0.6 is 15.9 Å². The van der Waals surface area contributed by atoms with Crippen molar-refractivity contribution in [1.29, 1.82) is 0 Å². The Hall–Kier alpha value is -1.08. The van der Waals surface area contributed by atoms with Crippen molar-refractivity contribution in [1.82, 2.24) is 5.32 Å². The first kappa shape index (κ1) is 16.3. The fraction of sp³-hybridized carbons (Fsp3) is 0.500. The van der Waals surface area contributed by atoms with Crippen LogP contribution in [0.1, 0.15) is 24.8 Å². The van der Waals surface area contributed by atoms with E-state index in [0.29, 0.717) is 6.42 Å². The maximum absolute atomic E-state index is 12.7. The molecule has 1 fully saturated rings. The van der Waals surface area contributed by atoms with Gasteiger partial charge >= 0.3 is 6.18 Å². The molecule has 7 heteroatoms. The molecule has 0 aliphatic carbocycles. The van der Waals surface area contributed by atoms with Crippen molar-refractivity contribution in [2.24, 2.45) is 5.92 Å². The summed E-state index contributed by atoms with van der Waals surface area (Å²) >= 11 is 3.03. The van der Waals surface area contributed by atoms with Gasteiger partial charge in [0.2, 0.25) is 5.91 Å². The molecule has 3 nitrogen and oxygen atoms in total. The quantitative estimate of drug-likeness (QED) is 0.856. The van der Waals surface area contributed by atoms with E-state index in [1.165, 1.54) is 6.07 Å². The van der Waals surface area contributed by atoms with E-state index in [1.807, 2.05) is 0 Å². The van der Waals surface area contributed by atoms with Gasteiger partial charge in [-0.2, -0.15) is 13.2 Å². The molecule has 0 bridgehead atoms. The minimum Gasteiger partial charge on any atom is -0.326 e. The molecular formula is C14H16BrF3N2O. The Kier molecular flexibility index (Phi) is 5.27. The fourth-order valence-corrected chi connectivity index (χ4v) is 2.89. The van der Waals surface area contributed by atoms with Gasteiger partial charge in [-0.3, -0.25) is 4.79 Å². The van der Waals surface area contributed by atoms with E-state index in [2.05, 4.69) is 26.6 Å². The van der Waals surface area contributed by atoms with Gasteiger partial charge in [0.05, 0.1) is 5.56 Å². The van der Waals surface area contributed by atoms with Gasteiger partial charge in [0.15, 0.2) is 0 Å². The summed E-state index contributed by atoms with van der Waals surface area (Å²) in [6.45, 7) is 1.73. The fourth-order valence-electron chi connectivity index (χ4n) is 2.40. The van der Waals surface area contributed by atoms with Gasteiger partial charge in [-0.25, -0.2) is 0 Å². The lowest BCUT2D eigenvalue weighted by atomic mass is 9.96. The summed E-state index contributed by atoms with van der Waals surface area (Å²) in [6, 6.07) is 3.40. The van der Waals surface area contributed by atoms with E-state index in [-0.39, 0.29) is 22.0 Å². The second-order valence-corrected chi connectivity index (χ2v) is 6.11. The zero-order chi connectivity index (χ0) is 15.5. The molecule has 0 saturated carbocycles. The van der Waals surface area contributed by atoms with E-state index in [4.69, 9.17) is 0 Å². The van der Waals surface area contributed by atoms with Crippen LogP contribution in [0, 0.1) is 5.92 Å². The molecule has 1 atom stereocenters. The topological polar surface area (TPSA) is 41.1 Å². The van der Waals surface area contributed by atoms with Crippen molar-refractivity contribution >= 4 is 27.5 Å². The monoisotopic (exact) mass is 364 g/mol. The molecule has 0 spiro atoms. The molecule has 0 aromatic heterocycles. The maximum Gasteiger partial charge on any atom is 0.416 e. The van der Waals surface area contributed by atoms with Crippen LogP contribution in [-0.4, -0.2) is 19.0 Å². The van der Waals surface area contributed by atoms with Crippen LogP contribution in [0.15, 0.2) is 22.7 Å². The third kappa shape index (κ3) is 5.00. The molecule has 1 aliphatic rings. The number of carbonyl (C=O) groups excluding carboxylic acids is 1. The van der Waals surface area contributed by atoms with Crippen LogP contribution in [0.3, 0.4) is 0 Å². The number of nitrogens with one attached hydrogen (secondary N) is 2. The van der Waals surface area contributed by atoms with Gasteiger partial charge in [0.1, 0.15) is 0 Å². The second kappa shape index (κ2) is 6.79. The molecule has 1 aromatic rings. The van der Waals surface area contributed by atoms with Crippen molar-refractivity contribution in [2.75, 3.05) is 18.4 Å². The van der Waals surface area contributed by atoms with Crippen LogP contribution in [0.4, 0.5) is 18.9 Å². The lowest BCUT2D eigenvalue weighted by molar-refractivity contribution is -0.137. The number of anilines is 1. The molecule has 0 radical (unpaired) electrons. The maximum atomic E-state index is 12.7. The molecule has 116 valence electrons. The molecule has 2 N–H and O–H groups in total.